The summed E-state index contributed by atoms with van der Waals surface area (Å²) in [5, 5.41) is 0. The molecule has 0 radical (unpaired) electrons. The molecule has 32 heavy (non-hydrogen) atoms. The van der Waals surface area contributed by atoms with Gasteiger partial charge in [-0.2, -0.15) is 0 Å². The SMILES string of the molecule is COCCN(CC(=O)N(Cc1ccccc1)Cc1cccn1C)C(=O)c1ccccc1F. The topological polar surface area (TPSA) is 54.8 Å². The van der Waals surface area contributed by atoms with E-state index in [1.807, 2.05) is 60.3 Å². The summed E-state index contributed by atoms with van der Waals surface area (Å²) >= 11 is 0. The molecule has 0 saturated carbocycles. The number of benzene rings is 2. The fourth-order valence-corrected chi connectivity index (χ4v) is 3.41. The van der Waals surface area contributed by atoms with Crippen LogP contribution in [0.4, 0.5) is 4.39 Å². The standard InChI is InChI=1S/C25H28FN3O3/c1-27-14-8-11-21(27)18-29(17-20-9-4-3-5-10-20)24(30)19-28(15-16-32-2)25(31)22-12-6-7-13-23(22)26/h3-14H,15-19H2,1-2H3. The molecule has 1 aromatic heterocycles. The quantitative estimate of drug-likeness (QED) is 0.488. The largest absolute Gasteiger partial charge is 0.383 e. The molecule has 7 heteroatoms. The normalized spacial score (nSPS) is 10.7. The van der Waals surface area contributed by atoms with Gasteiger partial charge in [0.05, 0.1) is 18.7 Å². The Hall–Kier alpha value is -3.45. The Balaban J connectivity index is 1.82. The van der Waals surface area contributed by atoms with Gasteiger partial charge in [-0.25, -0.2) is 4.39 Å². The highest BCUT2D eigenvalue weighted by atomic mass is 19.1. The summed E-state index contributed by atoms with van der Waals surface area (Å²) in [5.41, 5.74) is 1.89. The molecule has 3 rings (SSSR count). The van der Waals surface area contributed by atoms with E-state index in [9.17, 15) is 14.0 Å². The van der Waals surface area contributed by atoms with E-state index in [0.717, 1.165) is 11.3 Å². The lowest BCUT2D eigenvalue weighted by Crippen LogP contribution is -2.44. The van der Waals surface area contributed by atoms with E-state index in [1.165, 1.54) is 30.2 Å². The lowest BCUT2D eigenvalue weighted by molar-refractivity contribution is -0.133. The summed E-state index contributed by atoms with van der Waals surface area (Å²) in [6, 6.07) is 19.4. The lowest BCUT2D eigenvalue weighted by Gasteiger charge is -2.28. The summed E-state index contributed by atoms with van der Waals surface area (Å²) in [5.74, 6) is -1.37. The Morgan fingerprint density at radius 2 is 1.66 bits per heavy atom. The third-order valence-corrected chi connectivity index (χ3v) is 5.26. The number of rotatable bonds is 10. The number of hydrogen-bond acceptors (Lipinski definition) is 3. The van der Waals surface area contributed by atoms with Crippen molar-refractivity contribution < 1.29 is 18.7 Å². The first kappa shape index (κ1) is 23.2. The third kappa shape index (κ3) is 6.04. The number of carbonyl (C=O) groups excluding carboxylic acids is 2. The fraction of sp³-hybridized carbons (Fsp3) is 0.280. The summed E-state index contributed by atoms with van der Waals surface area (Å²) in [7, 11) is 3.44. The highest BCUT2D eigenvalue weighted by Gasteiger charge is 2.24. The molecule has 2 amide bonds. The van der Waals surface area contributed by atoms with Gasteiger partial charge in [-0.15, -0.1) is 0 Å². The van der Waals surface area contributed by atoms with Crippen molar-refractivity contribution in [2.75, 3.05) is 26.8 Å². The van der Waals surface area contributed by atoms with E-state index >= 15 is 0 Å². The summed E-state index contributed by atoms with van der Waals surface area (Å²) in [6.07, 6.45) is 1.92. The van der Waals surface area contributed by atoms with Crippen LogP contribution in [-0.2, 0) is 29.7 Å². The van der Waals surface area contributed by atoms with Gasteiger partial charge in [0, 0.05) is 39.1 Å². The minimum Gasteiger partial charge on any atom is -0.383 e. The zero-order valence-corrected chi connectivity index (χ0v) is 18.4. The molecule has 0 unspecified atom stereocenters. The second-order valence-corrected chi connectivity index (χ2v) is 7.55. The first-order chi connectivity index (χ1) is 15.5. The molecule has 1 heterocycles. The van der Waals surface area contributed by atoms with Gasteiger partial charge in [-0.3, -0.25) is 9.59 Å². The first-order valence-corrected chi connectivity index (χ1v) is 10.4. The van der Waals surface area contributed by atoms with Crippen LogP contribution in [0.3, 0.4) is 0 Å². The zero-order chi connectivity index (χ0) is 22.9. The van der Waals surface area contributed by atoms with Gasteiger partial charge in [0.25, 0.3) is 5.91 Å². The molecule has 0 N–H and O–H groups in total. The molecule has 3 aromatic rings. The lowest BCUT2D eigenvalue weighted by atomic mass is 10.1. The number of halogens is 1. The molecular formula is C25H28FN3O3. The molecule has 0 aliphatic heterocycles. The Labute approximate surface area is 187 Å². The number of nitrogens with zero attached hydrogens (tertiary/aromatic N) is 3. The van der Waals surface area contributed by atoms with Gasteiger partial charge in [0.2, 0.25) is 5.91 Å². The minimum absolute atomic E-state index is 0.0616. The number of aromatic nitrogens is 1. The van der Waals surface area contributed by atoms with Crippen molar-refractivity contribution in [3.63, 3.8) is 0 Å². The van der Waals surface area contributed by atoms with Crippen molar-refractivity contribution in [2.45, 2.75) is 13.1 Å². The Morgan fingerprint density at radius 1 is 0.938 bits per heavy atom. The molecule has 0 saturated heterocycles. The van der Waals surface area contributed by atoms with Crippen molar-refractivity contribution in [1.82, 2.24) is 14.4 Å². The molecule has 0 atom stereocenters. The van der Waals surface area contributed by atoms with E-state index in [4.69, 9.17) is 4.74 Å². The number of amides is 2. The number of carbonyl (C=O) groups is 2. The highest BCUT2D eigenvalue weighted by Crippen LogP contribution is 2.14. The molecule has 0 aliphatic rings. The van der Waals surface area contributed by atoms with Crippen LogP contribution < -0.4 is 0 Å². The van der Waals surface area contributed by atoms with Crippen LogP contribution >= 0.6 is 0 Å². The smallest absolute Gasteiger partial charge is 0.257 e. The van der Waals surface area contributed by atoms with Gasteiger partial charge in [-0.05, 0) is 29.8 Å². The van der Waals surface area contributed by atoms with Gasteiger partial charge in [0.15, 0.2) is 0 Å². The first-order valence-electron chi connectivity index (χ1n) is 10.4. The van der Waals surface area contributed by atoms with Gasteiger partial charge in [-0.1, -0.05) is 42.5 Å². The average molecular weight is 438 g/mol. The van der Waals surface area contributed by atoms with Crippen LogP contribution in [-0.4, -0.2) is 53.0 Å². The number of ether oxygens (including phenoxy) is 1. The average Bonchev–Trinajstić information content (AvgIpc) is 3.21. The summed E-state index contributed by atoms with van der Waals surface area (Å²) in [4.78, 5) is 29.4. The monoisotopic (exact) mass is 437 g/mol. The van der Waals surface area contributed by atoms with Crippen LogP contribution in [0.1, 0.15) is 21.6 Å². The maximum absolute atomic E-state index is 14.2. The van der Waals surface area contributed by atoms with E-state index in [0.29, 0.717) is 13.1 Å². The predicted octanol–water partition coefficient (Wildman–Crippen LogP) is 3.48. The van der Waals surface area contributed by atoms with Gasteiger partial charge in [0.1, 0.15) is 12.4 Å². The number of hydrogen-bond donors (Lipinski definition) is 0. The summed E-state index contributed by atoms with van der Waals surface area (Å²) < 4.78 is 21.3. The minimum atomic E-state index is -0.614. The van der Waals surface area contributed by atoms with Crippen molar-refractivity contribution in [2.24, 2.45) is 7.05 Å². The maximum Gasteiger partial charge on any atom is 0.257 e. The zero-order valence-electron chi connectivity index (χ0n) is 18.4. The molecular weight excluding hydrogens is 409 g/mol. The highest BCUT2D eigenvalue weighted by molar-refractivity contribution is 5.96. The predicted molar refractivity (Wildman–Crippen MR) is 120 cm³/mol. The fourth-order valence-electron chi connectivity index (χ4n) is 3.41. The van der Waals surface area contributed by atoms with Crippen LogP contribution in [0.5, 0.6) is 0 Å². The second-order valence-electron chi connectivity index (χ2n) is 7.55. The molecule has 168 valence electrons. The number of aryl methyl sites for hydroxylation is 1. The Kier molecular flexibility index (Phi) is 8.16. The van der Waals surface area contributed by atoms with Crippen LogP contribution in [0.25, 0.3) is 0 Å². The van der Waals surface area contributed by atoms with Crippen LogP contribution in [0.2, 0.25) is 0 Å². The van der Waals surface area contributed by atoms with Crippen molar-refractivity contribution in [3.8, 4) is 0 Å². The van der Waals surface area contributed by atoms with Crippen molar-refractivity contribution in [1.29, 1.82) is 0 Å². The van der Waals surface area contributed by atoms with Gasteiger partial charge < -0.3 is 19.1 Å². The molecule has 0 aliphatic carbocycles. The van der Waals surface area contributed by atoms with Crippen molar-refractivity contribution >= 4 is 11.8 Å². The van der Waals surface area contributed by atoms with Crippen LogP contribution in [0.15, 0.2) is 72.9 Å². The van der Waals surface area contributed by atoms with E-state index in [1.54, 1.807) is 11.0 Å². The maximum atomic E-state index is 14.2. The van der Waals surface area contributed by atoms with Gasteiger partial charge >= 0.3 is 0 Å². The molecule has 6 nitrogen and oxygen atoms in total. The van der Waals surface area contributed by atoms with E-state index in [-0.39, 0.29) is 31.2 Å². The van der Waals surface area contributed by atoms with Crippen molar-refractivity contribution in [3.05, 3.63) is 95.6 Å². The van der Waals surface area contributed by atoms with Crippen LogP contribution in [0, 0.1) is 5.82 Å². The van der Waals surface area contributed by atoms with E-state index in [2.05, 4.69) is 0 Å². The summed E-state index contributed by atoms with van der Waals surface area (Å²) in [6.45, 7) is 1.04. The number of methoxy groups -OCH3 is 1. The van der Waals surface area contributed by atoms with E-state index < -0.39 is 11.7 Å². The molecule has 2 aromatic carbocycles. The third-order valence-electron chi connectivity index (χ3n) is 5.26. The molecule has 0 fully saturated rings. The Bertz CT molecular complexity index is 1040. The molecule has 0 bridgehead atoms. The Morgan fingerprint density at radius 3 is 2.31 bits per heavy atom. The second kappa shape index (κ2) is 11.2. The molecule has 0 spiro atoms.